The highest BCUT2D eigenvalue weighted by Crippen LogP contribution is 2.35. The van der Waals surface area contributed by atoms with Crippen LogP contribution in [0.5, 0.6) is 0 Å². The monoisotopic (exact) mass is 376 g/mol. The molecule has 1 N–H and O–H groups in total. The Labute approximate surface area is 165 Å². The van der Waals surface area contributed by atoms with Gasteiger partial charge in [-0.15, -0.1) is 0 Å². The predicted molar refractivity (Wildman–Crippen MR) is 117 cm³/mol. The van der Waals surface area contributed by atoms with Crippen molar-refractivity contribution in [2.75, 3.05) is 46.7 Å². The van der Waals surface area contributed by atoms with Gasteiger partial charge in [-0.3, -0.25) is 4.99 Å². The number of ether oxygens (including phenoxy) is 3. The summed E-state index contributed by atoms with van der Waals surface area (Å²) in [6.07, 6.45) is 1.97. The summed E-state index contributed by atoms with van der Waals surface area (Å²) in [6, 6.07) is 19.6. The second-order valence-corrected chi connectivity index (χ2v) is 6.81. The van der Waals surface area contributed by atoms with Gasteiger partial charge >= 0.3 is 0 Å². The van der Waals surface area contributed by atoms with Crippen LogP contribution in [0.1, 0.15) is 5.56 Å². The third-order valence-corrected chi connectivity index (χ3v) is 4.99. The van der Waals surface area contributed by atoms with Gasteiger partial charge in [0.15, 0.2) is 6.61 Å². The molecule has 0 amide bonds. The summed E-state index contributed by atoms with van der Waals surface area (Å²) in [7, 11) is 1.79. The van der Waals surface area contributed by atoms with Crippen LogP contribution >= 0.6 is 0 Å². The molecule has 4 rings (SSSR count). The average Bonchev–Trinajstić information content (AvgIpc) is 2.74. The van der Waals surface area contributed by atoms with Crippen LogP contribution < -0.4 is 0 Å². The molecule has 0 aliphatic rings. The van der Waals surface area contributed by atoms with Gasteiger partial charge in [0.05, 0.1) is 26.4 Å². The van der Waals surface area contributed by atoms with E-state index in [-0.39, 0.29) is 0 Å². The smallest absolute Gasteiger partial charge is 0.168 e. The number of rotatable bonds is 10. The van der Waals surface area contributed by atoms with E-state index in [0.717, 1.165) is 12.2 Å². The van der Waals surface area contributed by atoms with Crippen molar-refractivity contribution in [3.8, 4) is 0 Å². The summed E-state index contributed by atoms with van der Waals surface area (Å²) in [5.41, 5.74) is 1.15. The molecule has 4 nitrogen and oxygen atoms in total. The van der Waals surface area contributed by atoms with Gasteiger partial charge in [0, 0.05) is 11.8 Å². The first kappa shape index (κ1) is 18.8. The van der Waals surface area contributed by atoms with E-state index in [0.29, 0.717) is 33.0 Å². The zero-order chi connectivity index (χ0) is 19.2. The maximum Gasteiger partial charge on any atom is 0.168 e. The van der Waals surface area contributed by atoms with Gasteiger partial charge in [-0.2, -0.15) is 0 Å². The molecular formula is C24H26NO3+. The molecule has 144 valence electrons. The molecule has 4 heteroatoms. The molecule has 0 fully saturated rings. The van der Waals surface area contributed by atoms with E-state index < -0.39 is 0 Å². The number of benzene rings is 4. The Hall–Kier alpha value is -2.53. The molecule has 0 spiro atoms. The first-order valence-electron chi connectivity index (χ1n) is 9.76. The maximum atomic E-state index is 5.56. The summed E-state index contributed by atoms with van der Waals surface area (Å²) in [4.78, 5) is 4.57. The molecule has 0 atom stereocenters. The topological polar surface area (TPSA) is 43.6 Å². The van der Waals surface area contributed by atoms with E-state index in [1.54, 1.807) is 7.11 Å². The summed E-state index contributed by atoms with van der Waals surface area (Å²) in [5, 5.41) is 7.76. The Bertz CT molecular complexity index is 1060. The van der Waals surface area contributed by atoms with Crippen LogP contribution in [-0.2, 0) is 9.47 Å². The van der Waals surface area contributed by atoms with Crippen molar-refractivity contribution in [1.29, 1.82) is 0 Å². The summed E-state index contributed by atoms with van der Waals surface area (Å²) < 4.78 is 14.9. The number of aliphatic imine (C=N–C) groups is 1. The molecule has 0 aliphatic carbocycles. The second kappa shape index (κ2) is 9.11. The molecule has 0 aromatic heterocycles. The quantitative estimate of drug-likeness (QED) is 0.180. The highest BCUT2D eigenvalue weighted by molar-refractivity contribution is 6.25. The van der Waals surface area contributed by atoms with Crippen molar-refractivity contribution in [3.05, 3.63) is 60.2 Å². The molecular weight excluding hydrogens is 350 g/mol. The van der Waals surface area contributed by atoms with Crippen LogP contribution in [0.3, 0.4) is 0 Å². The minimum atomic E-state index is 0.595. The Morgan fingerprint density at radius 2 is 1.46 bits per heavy atom. The lowest BCUT2D eigenvalue weighted by molar-refractivity contribution is -0.0390. The number of hydrogen-bond donors (Lipinski definition) is 0. The van der Waals surface area contributed by atoms with Crippen LogP contribution in [0, 0.1) is 0 Å². The van der Waals surface area contributed by atoms with Crippen molar-refractivity contribution in [2.24, 2.45) is 4.99 Å². The number of hydrogen-bond acceptors (Lipinski definition) is 3. The fraction of sp³-hybridized carbons (Fsp3) is 0.292. The largest absolute Gasteiger partial charge is 0.434 e. The molecule has 28 heavy (non-hydrogen) atoms. The van der Waals surface area contributed by atoms with E-state index in [1.165, 1.54) is 32.3 Å². The Kier molecular flexibility index (Phi) is 6.12. The predicted octanol–water partition coefficient (Wildman–Crippen LogP) is 4.19. The number of aliphatic hydroxyl groups is 2. The van der Waals surface area contributed by atoms with Crippen molar-refractivity contribution in [1.82, 2.24) is 0 Å². The van der Waals surface area contributed by atoms with Crippen LogP contribution in [0.15, 0.2) is 59.6 Å². The third-order valence-electron chi connectivity index (χ3n) is 4.99. The van der Waals surface area contributed by atoms with E-state index >= 15 is 0 Å². The molecule has 0 saturated carbocycles. The number of nitrogens with zero attached hydrogens (tertiary/aromatic N) is 1. The van der Waals surface area contributed by atoms with E-state index in [4.69, 9.17) is 9.47 Å². The highest BCUT2D eigenvalue weighted by Gasteiger charge is 2.09. The molecule has 0 saturated heterocycles. The van der Waals surface area contributed by atoms with Gasteiger partial charge in [0.2, 0.25) is 0 Å². The van der Waals surface area contributed by atoms with Gasteiger partial charge in [0.25, 0.3) is 0 Å². The first-order chi connectivity index (χ1) is 13.9. The van der Waals surface area contributed by atoms with Gasteiger partial charge in [-0.25, -0.2) is 0 Å². The maximum absolute atomic E-state index is 5.56. The Morgan fingerprint density at radius 3 is 2.25 bits per heavy atom. The van der Waals surface area contributed by atoms with Crippen LogP contribution in [0.25, 0.3) is 32.3 Å². The van der Waals surface area contributed by atoms with E-state index in [1.807, 2.05) is 6.21 Å². The van der Waals surface area contributed by atoms with E-state index in [2.05, 4.69) is 64.3 Å². The second-order valence-electron chi connectivity index (χ2n) is 6.81. The lowest BCUT2D eigenvalue weighted by Gasteiger charge is -2.12. The lowest BCUT2D eigenvalue weighted by atomic mass is 9.92. The minimum Gasteiger partial charge on any atom is -0.434 e. The van der Waals surface area contributed by atoms with Crippen molar-refractivity contribution in [2.45, 2.75) is 0 Å². The van der Waals surface area contributed by atoms with Crippen molar-refractivity contribution >= 4 is 38.5 Å². The highest BCUT2D eigenvalue weighted by atomic mass is 16.5. The van der Waals surface area contributed by atoms with Gasteiger partial charge in [0.1, 0.15) is 13.7 Å². The Morgan fingerprint density at radius 1 is 0.786 bits per heavy atom. The molecule has 0 unspecified atom stereocenters. The van der Waals surface area contributed by atoms with Crippen LogP contribution in [-0.4, -0.2) is 57.6 Å². The normalized spacial score (nSPS) is 12.2. The van der Waals surface area contributed by atoms with Gasteiger partial charge < -0.3 is 14.2 Å². The van der Waals surface area contributed by atoms with E-state index in [9.17, 15) is 0 Å². The molecule has 4 aromatic carbocycles. The van der Waals surface area contributed by atoms with Crippen LogP contribution in [0.2, 0.25) is 0 Å². The van der Waals surface area contributed by atoms with Crippen molar-refractivity contribution < 1.29 is 14.2 Å². The van der Waals surface area contributed by atoms with Gasteiger partial charge in [-0.1, -0.05) is 54.6 Å². The molecule has 0 aliphatic heterocycles. The average molecular weight is 376 g/mol. The SMILES string of the molecule is C[OH+]CCOCCOCCN=Cc1ccc2ccc3cccc4ccc1c2c34. The summed E-state index contributed by atoms with van der Waals surface area (Å²) in [6.45, 7) is 3.85. The standard InChI is InChI=1S/C24H25NO3/c1-26-13-14-28-16-15-27-12-11-25-17-21-8-7-20-6-5-18-3-2-4-19-9-10-22(21)24(20)23(18)19/h2-10,17H,11-16H2,1H3/p+1. The minimum absolute atomic E-state index is 0.595. The van der Waals surface area contributed by atoms with Crippen molar-refractivity contribution in [3.63, 3.8) is 0 Å². The fourth-order valence-corrected chi connectivity index (χ4v) is 3.63. The molecule has 4 aromatic rings. The fourth-order valence-electron chi connectivity index (χ4n) is 3.63. The molecule has 0 heterocycles. The third kappa shape index (κ3) is 3.99. The molecule has 0 bridgehead atoms. The van der Waals surface area contributed by atoms with Gasteiger partial charge in [-0.05, 0) is 32.3 Å². The Balaban J connectivity index is 1.42. The molecule has 0 radical (unpaired) electrons. The zero-order valence-corrected chi connectivity index (χ0v) is 16.2. The zero-order valence-electron chi connectivity index (χ0n) is 16.2. The van der Waals surface area contributed by atoms with Crippen LogP contribution in [0.4, 0.5) is 0 Å². The lowest BCUT2D eigenvalue weighted by Crippen LogP contribution is -2.10. The summed E-state index contributed by atoms with van der Waals surface area (Å²) >= 11 is 0. The summed E-state index contributed by atoms with van der Waals surface area (Å²) in [5.74, 6) is 0. The first-order valence-corrected chi connectivity index (χ1v) is 9.76.